The first-order valence-corrected chi connectivity index (χ1v) is 6.51. The number of carbonyl (C=O) groups excluding carboxylic acids is 2. The van der Waals surface area contributed by atoms with Crippen molar-refractivity contribution in [3.05, 3.63) is 0 Å². The minimum Gasteiger partial charge on any atom is -0.357 e. The average Bonchev–Trinajstić information content (AvgIpc) is 2.36. The van der Waals surface area contributed by atoms with E-state index in [4.69, 9.17) is 0 Å². The molecule has 0 aliphatic rings. The zero-order valence-electron chi connectivity index (χ0n) is 10.6. The number of likely N-dealkylation sites (N-methyl/N-ethyl adjacent to an activating group) is 2. The Labute approximate surface area is 113 Å². The molecule has 0 heterocycles. The van der Waals surface area contributed by atoms with Crippen molar-refractivity contribution in [3.63, 3.8) is 0 Å². The summed E-state index contributed by atoms with van der Waals surface area (Å²) in [7, 11) is 3.19. The molecule has 0 aromatic heterocycles. The van der Waals surface area contributed by atoms with Crippen molar-refractivity contribution in [2.24, 2.45) is 0 Å². The number of carbonyl (C=O) groups is 2. The highest BCUT2D eigenvalue weighted by Gasteiger charge is 2.38. The highest BCUT2D eigenvalue weighted by molar-refractivity contribution is 7.80. The topological polar surface area (TPSA) is 70.2 Å². The van der Waals surface area contributed by atoms with Crippen LogP contribution in [0.15, 0.2) is 0 Å². The Morgan fingerprint density at radius 3 is 1.76 bits per heavy atom. The molecule has 0 unspecified atom stereocenters. The maximum absolute atomic E-state index is 12.1. The smallest absolute Gasteiger partial charge is 0.246 e. The summed E-state index contributed by atoms with van der Waals surface area (Å²) in [5, 5.41) is 8.09. The van der Waals surface area contributed by atoms with Gasteiger partial charge in [0.1, 0.15) is 11.1 Å². The van der Waals surface area contributed by atoms with Crippen molar-refractivity contribution in [3.8, 4) is 0 Å². The van der Waals surface area contributed by atoms with E-state index >= 15 is 0 Å². The number of rotatable bonds is 6. The van der Waals surface area contributed by atoms with Gasteiger partial charge in [-0.15, -0.1) is 0 Å². The van der Waals surface area contributed by atoms with Gasteiger partial charge in [-0.3, -0.25) is 9.59 Å². The molecule has 2 amide bonds. The van der Waals surface area contributed by atoms with Crippen molar-refractivity contribution in [2.75, 3.05) is 25.6 Å². The second kappa shape index (κ2) is 6.51. The van der Waals surface area contributed by atoms with Gasteiger partial charge in [-0.1, -0.05) is 0 Å². The van der Waals surface area contributed by atoms with E-state index in [0.29, 0.717) is 5.75 Å². The van der Waals surface area contributed by atoms with E-state index in [1.807, 2.05) is 0 Å². The van der Waals surface area contributed by atoms with Crippen LogP contribution in [0.25, 0.3) is 0 Å². The first kappa shape index (κ1) is 16.6. The number of thiol groups is 2. The third-order valence-corrected chi connectivity index (χ3v) is 4.07. The highest BCUT2D eigenvalue weighted by atomic mass is 32.1. The van der Waals surface area contributed by atoms with E-state index in [-0.39, 0.29) is 17.6 Å². The Balaban J connectivity index is 4.92. The first-order chi connectivity index (χ1) is 7.79. The van der Waals surface area contributed by atoms with Crippen molar-refractivity contribution >= 4 is 37.1 Å². The van der Waals surface area contributed by atoms with Crippen molar-refractivity contribution < 1.29 is 9.59 Å². The molecule has 0 bridgehead atoms. The molecule has 2 atom stereocenters. The molecule has 0 saturated heterocycles. The second-order valence-electron chi connectivity index (χ2n) is 4.26. The lowest BCUT2D eigenvalue weighted by molar-refractivity contribution is -0.134. The molecule has 17 heavy (non-hydrogen) atoms. The molecule has 7 heteroatoms. The zero-order valence-corrected chi connectivity index (χ0v) is 12.4. The van der Waals surface area contributed by atoms with Gasteiger partial charge in [0.2, 0.25) is 11.8 Å². The molecule has 0 saturated carbocycles. The lowest BCUT2D eigenvalue weighted by Crippen LogP contribution is -2.64. The minimum atomic E-state index is -1.03. The van der Waals surface area contributed by atoms with Gasteiger partial charge >= 0.3 is 0 Å². The van der Waals surface area contributed by atoms with Crippen LogP contribution in [0.2, 0.25) is 0 Å². The van der Waals surface area contributed by atoms with Crippen LogP contribution in [-0.2, 0) is 9.59 Å². The van der Waals surface area contributed by atoms with E-state index in [2.05, 4.69) is 41.2 Å². The van der Waals surface area contributed by atoms with Gasteiger partial charge in [0, 0.05) is 18.6 Å². The number of hydrogen-bond acceptors (Lipinski definition) is 5. The lowest BCUT2D eigenvalue weighted by atomic mass is 9.99. The van der Waals surface area contributed by atoms with Gasteiger partial charge in [-0.25, -0.2) is 0 Å². The normalized spacial score (nSPS) is 17.8. The fraction of sp³-hybridized carbons (Fsp3) is 0.800. The van der Waals surface area contributed by atoms with Crippen LogP contribution in [0.4, 0.5) is 0 Å². The molecular formula is C10H21N3O2S2. The first-order valence-electron chi connectivity index (χ1n) is 5.25. The Kier molecular flexibility index (Phi) is 6.36. The van der Waals surface area contributed by atoms with Gasteiger partial charge < -0.3 is 16.0 Å². The van der Waals surface area contributed by atoms with Gasteiger partial charge in [0.15, 0.2) is 0 Å². The Morgan fingerprint density at radius 1 is 1.00 bits per heavy atom. The third-order valence-electron chi connectivity index (χ3n) is 2.80. The predicted molar refractivity (Wildman–Crippen MR) is 75.8 cm³/mol. The van der Waals surface area contributed by atoms with Crippen LogP contribution in [0.3, 0.4) is 0 Å². The lowest BCUT2D eigenvalue weighted by Gasteiger charge is -2.33. The van der Waals surface area contributed by atoms with Crippen molar-refractivity contribution in [1.82, 2.24) is 16.0 Å². The van der Waals surface area contributed by atoms with Crippen LogP contribution in [0.5, 0.6) is 0 Å². The summed E-state index contributed by atoms with van der Waals surface area (Å²) in [5.41, 5.74) is -1.85. The standard InChI is InChI=1S/C10H21N3O2S2/c1-9(5-16,12-4)8(15)13-10(2,6-17)7(14)11-3/h12,16-17H,5-6H2,1-4H3,(H,11,14)(H,13,15)/t9-,10-/m0/s1. The Bertz CT molecular complexity index is 295. The molecule has 0 radical (unpaired) electrons. The molecule has 0 aromatic carbocycles. The third kappa shape index (κ3) is 3.79. The SMILES string of the molecule is CNC(=O)[C@](C)(CS)NC(=O)[C@](C)(CS)NC. The van der Waals surface area contributed by atoms with Crippen molar-refractivity contribution in [2.45, 2.75) is 24.9 Å². The van der Waals surface area contributed by atoms with Crippen LogP contribution in [0.1, 0.15) is 13.8 Å². The fourth-order valence-corrected chi connectivity index (χ4v) is 1.62. The summed E-state index contributed by atoms with van der Waals surface area (Å²) in [6.45, 7) is 3.35. The molecule has 0 aliphatic heterocycles. The summed E-state index contributed by atoms with van der Waals surface area (Å²) in [6, 6.07) is 0. The second-order valence-corrected chi connectivity index (χ2v) is 4.90. The zero-order chi connectivity index (χ0) is 13.7. The number of nitrogens with one attached hydrogen (secondary N) is 3. The van der Waals surface area contributed by atoms with Gasteiger partial charge in [-0.2, -0.15) is 25.3 Å². The summed E-state index contributed by atoms with van der Waals surface area (Å²) in [4.78, 5) is 23.8. The molecule has 0 rings (SSSR count). The summed E-state index contributed by atoms with van der Waals surface area (Å²) < 4.78 is 0. The molecule has 0 spiro atoms. The molecule has 0 fully saturated rings. The van der Waals surface area contributed by atoms with Crippen LogP contribution in [0, 0.1) is 0 Å². The van der Waals surface area contributed by atoms with Crippen molar-refractivity contribution in [1.29, 1.82) is 0 Å². The van der Waals surface area contributed by atoms with Gasteiger partial charge in [0.25, 0.3) is 0 Å². The fourth-order valence-electron chi connectivity index (χ4n) is 1.10. The monoisotopic (exact) mass is 279 g/mol. The number of hydrogen-bond donors (Lipinski definition) is 5. The maximum atomic E-state index is 12.1. The molecule has 3 N–H and O–H groups in total. The van der Waals surface area contributed by atoms with E-state index < -0.39 is 11.1 Å². The van der Waals surface area contributed by atoms with Crippen LogP contribution in [-0.4, -0.2) is 48.5 Å². The van der Waals surface area contributed by atoms with Crippen LogP contribution >= 0.6 is 25.3 Å². The molecular weight excluding hydrogens is 258 g/mol. The predicted octanol–water partition coefficient (Wildman–Crippen LogP) is -0.555. The summed E-state index contributed by atoms with van der Waals surface area (Å²) in [5.74, 6) is -0.0233. The minimum absolute atomic E-state index is 0.213. The molecule has 0 aromatic rings. The number of amides is 2. The molecule has 100 valence electrons. The largest absolute Gasteiger partial charge is 0.357 e. The maximum Gasteiger partial charge on any atom is 0.246 e. The Hall–Kier alpha value is -0.400. The van der Waals surface area contributed by atoms with E-state index in [1.54, 1.807) is 20.9 Å². The quantitative estimate of drug-likeness (QED) is 0.424. The van der Waals surface area contributed by atoms with Crippen LogP contribution < -0.4 is 16.0 Å². The van der Waals surface area contributed by atoms with Gasteiger partial charge in [0.05, 0.1) is 0 Å². The van der Waals surface area contributed by atoms with E-state index in [0.717, 1.165) is 0 Å². The van der Waals surface area contributed by atoms with E-state index in [9.17, 15) is 9.59 Å². The van der Waals surface area contributed by atoms with Gasteiger partial charge in [-0.05, 0) is 20.9 Å². The summed E-state index contributed by atoms with van der Waals surface area (Å²) in [6.07, 6.45) is 0. The van der Waals surface area contributed by atoms with E-state index in [1.165, 1.54) is 7.05 Å². The summed E-state index contributed by atoms with van der Waals surface area (Å²) >= 11 is 8.24. The molecule has 0 aliphatic carbocycles. The average molecular weight is 279 g/mol. The highest BCUT2D eigenvalue weighted by Crippen LogP contribution is 2.12. The molecule has 5 nitrogen and oxygen atoms in total. The Morgan fingerprint density at radius 2 is 1.47 bits per heavy atom.